The molecule has 236 valence electrons. The first-order chi connectivity index (χ1) is 22.0. The van der Waals surface area contributed by atoms with E-state index in [1.807, 2.05) is 30.3 Å². The summed E-state index contributed by atoms with van der Waals surface area (Å²) in [5.74, 6) is -1.46. The van der Waals surface area contributed by atoms with E-state index in [1.165, 1.54) is 29.8 Å². The van der Waals surface area contributed by atoms with Crippen LogP contribution < -0.4 is 15.6 Å². The standard InChI is InChI=1S/C35H40F2N6O2/c36-27-19-25(20-28(37)21-27)17-24-11-12-31-26(18-24)22-38-43(31)40-35(44)30-8-5-9-32(34(30)39-33-10-1-4-16-45-33)42-15-6-7-29(42)23-41-13-2-3-14-41/h5,8-9,11-12,18-22,29,33,39H,1-4,6-7,10,13-17,23H2,(H,40,44)/t29-,33?/m1/s1. The fraction of sp³-hybridized carbons (Fsp3) is 0.429. The zero-order valence-electron chi connectivity index (χ0n) is 25.5. The number of carbonyl (C=O) groups excluding carboxylic acids is 1. The summed E-state index contributed by atoms with van der Waals surface area (Å²) in [6.07, 6.45) is 9.73. The Kier molecular flexibility index (Phi) is 8.67. The van der Waals surface area contributed by atoms with Gasteiger partial charge in [-0.2, -0.15) is 9.89 Å². The molecule has 0 spiro atoms. The van der Waals surface area contributed by atoms with Gasteiger partial charge in [-0.3, -0.25) is 4.79 Å². The van der Waals surface area contributed by atoms with E-state index in [9.17, 15) is 13.6 Å². The lowest BCUT2D eigenvalue weighted by molar-refractivity contribution is 0.0343. The van der Waals surface area contributed by atoms with Gasteiger partial charge in [0.2, 0.25) is 0 Å². The van der Waals surface area contributed by atoms with E-state index >= 15 is 0 Å². The third-order valence-corrected chi connectivity index (χ3v) is 9.30. The number of ether oxygens (including phenoxy) is 1. The number of benzene rings is 3. The van der Waals surface area contributed by atoms with Crippen molar-refractivity contribution >= 4 is 28.2 Å². The minimum atomic E-state index is -0.596. The molecule has 7 rings (SSSR count). The fourth-order valence-corrected chi connectivity index (χ4v) is 7.13. The lowest BCUT2D eigenvalue weighted by Gasteiger charge is -2.34. The SMILES string of the molecule is O=C(Nn1ncc2cc(Cc3cc(F)cc(F)c3)ccc21)c1cccc(N2CCC[C@@H]2CN2CCCC2)c1NC1CCCCO1. The minimum absolute atomic E-state index is 0.151. The van der Waals surface area contributed by atoms with Crippen LogP contribution in [0.3, 0.4) is 0 Å². The molecule has 0 bridgehead atoms. The molecule has 3 fully saturated rings. The van der Waals surface area contributed by atoms with Crippen LogP contribution in [0.25, 0.3) is 10.9 Å². The van der Waals surface area contributed by atoms with Gasteiger partial charge in [-0.1, -0.05) is 12.1 Å². The number of aromatic nitrogens is 2. The molecule has 45 heavy (non-hydrogen) atoms. The van der Waals surface area contributed by atoms with E-state index in [-0.39, 0.29) is 12.1 Å². The second kappa shape index (κ2) is 13.1. The average molecular weight is 615 g/mol. The highest BCUT2D eigenvalue weighted by atomic mass is 19.1. The van der Waals surface area contributed by atoms with Gasteiger partial charge in [0.15, 0.2) is 0 Å². The lowest BCUT2D eigenvalue weighted by atomic mass is 10.0. The summed E-state index contributed by atoms with van der Waals surface area (Å²) in [6.45, 7) is 5.04. The van der Waals surface area contributed by atoms with Crippen molar-refractivity contribution in [2.75, 3.05) is 48.4 Å². The summed E-state index contributed by atoms with van der Waals surface area (Å²) in [5.41, 5.74) is 7.54. The third-order valence-electron chi connectivity index (χ3n) is 9.30. The Balaban J connectivity index is 1.15. The van der Waals surface area contributed by atoms with Gasteiger partial charge in [0.05, 0.1) is 28.7 Å². The van der Waals surface area contributed by atoms with Gasteiger partial charge in [-0.15, -0.1) is 0 Å². The predicted molar refractivity (Wildman–Crippen MR) is 172 cm³/mol. The van der Waals surface area contributed by atoms with Crippen molar-refractivity contribution in [2.24, 2.45) is 0 Å². The molecule has 2 N–H and O–H groups in total. The van der Waals surface area contributed by atoms with Crippen molar-refractivity contribution in [2.45, 2.75) is 63.6 Å². The number of nitrogens with one attached hydrogen (secondary N) is 2. The molecule has 0 radical (unpaired) electrons. The highest BCUT2D eigenvalue weighted by molar-refractivity contribution is 6.07. The summed E-state index contributed by atoms with van der Waals surface area (Å²) >= 11 is 0. The van der Waals surface area contributed by atoms with E-state index < -0.39 is 11.6 Å². The number of anilines is 2. The molecule has 0 aliphatic carbocycles. The molecule has 10 heteroatoms. The van der Waals surface area contributed by atoms with Crippen LogP contribution in [0.4, 0.5) is 20.2 Å². The summed E-state index contributed by atoms with van der Waals surface area (Å²) < 4.78 is 33.5. The number of halogens is 2. The highest BCUT2D eigenvalue weighted by Gasteiger charge is 2.31. The van der Waals surface area contributed by atoms with Crippen LogP contribution in [-0.4, -0.2) is 65.8 Å². The van der Waals surface area contributed by atoms with Crippen LogP contribution in [-0.2, 0) is 11.2 Å². The number of rotatable bonds is 9. The van der Waals surface area contributed by atoms with Crippen LogP contribution >= 0.6 is 0 Å². The molecule has 3 aromatic carbocycles. The molecule has 1 unspecified atom stereocenters. The average Bonchev–Trinajstić information content (AvgIpc) is 3.80. The van der Waals surface area contributed by atoms with Gasteiger partial charge in [0.25, 0.3) is 5.91 Å². The Hall–Kier alpha value is -4.02. The minimum Gasteiger partial charge on any atom is -0.366 e. The molecular formula is C35H40F2N6O2. The van der Waals surface area contributed by atoms with Gasteiger partial charge in [-0.05, 0) is 112 Å². The van der Waals surface area contributed by atoms with Gasteiger partial charge >= 0.3 is 0 Å². The number of hydrogen-bond acceptors (Lipinski definition) is 6. The quantitative estimate of drug-likeness (QED) is 0.231. The van der Waals surface area contributed by atoms with Gasteiger partial charge in [0.1, 0.15) is 17.9 Å². The number of carbonyl (C=O) groups is 1. The van der Waals surface area contributed by atoms with Crippen molar-refractivity contribution in [1.29, 1.82) is 0 Å². The van der Waals surface area contributed by atoms with Crippen LogP contribution in [0.1, 0.15) is 66.4 Å². The fourth-order valence-electron chi connectivity index (χ4n) is 7.13. The number of amides is 1. The highest BCUT2D eigenvalue weighted by Crippen LogP contribution is 2.37. The molecule has 3 saturated heterocycles. The Morgan fingerprint density at radius 1 is 0.911 bits per heavy atom. The Morgan fingerprint density at radius 2 is 1.76 bits per heavy atom. The topological polar surface area (TPSA) is 74.7 Å². The third kappa shape index (κ3) is 6.67. The summed E-state index contributed by atoms with van der Waals surface area (Å²) in [7, 11) is 0. The Morgan fingerprint density at radius 3 is 2.56 bits per heavy atom. The molecule has 1 amide bonds. The maximum Gasteiger partial charge on any atom is 0.273 e. The molecule has 4 heterocycles. The van der Waals surface area contributed by atoms with Crippen LogP contribution in [0.15, 0.2) is 60.8 Å². The van der Waals surface area contributed by atoms with Crippen LogP contribution in [0, 0.1) is 11.6 Å². The molecule has 2 atom stereocenters. The van der Waals surface area contributed by atoms with Gasteiger partial charge in [-0.25, -0.2) is 14.2 Å². The number of hydrogen-bond donors (Lipinski definition) is 2. The number of nitrogens with zero attached hydrogens (tertiary/aromatic N) is 4. The van der Waals surface area contributed by atoms with Gasteiger partial charge in [0, 0.05) is 37.2 Å². The van der Waals surface area contributed by atoms with Gasteiger partial charge < -0.3 is 19.9 Å². The molecule has 1 aromatic heterocycles. The van der Waals surface area contributed by atoms with Crippen molar-refractivity contribution in [3.05, 3.63) is 89.1 Å². The van der Waals surface area contributed by atoms with E-state index in [2.05, 4.69) is 31.7 Å². The lowest BCUT2D eigenvalue weighted by Crippen LogP contribution is -2.40. The molecule has 4 aromatic rings. The maximum atomic E-state index is 14.0. The van der Waals surface area contributed by atoms with Crippen molar-refractivity contribution < 1.29 is 18.3 Å². The first kappa shape index (κ1) is 29.7. The van der Waals surface area contributed by atoms with E-state index in [0.717, 1.165) is 92.2 Å². The van der Waals surface area contributed by atoms with E-state index in [1.54, 1.807) is 6.20 Å². The van der Waals surface area contributed by atoms with E-state index in [0.29, 0.717) is 30.2 Å². The second-order valence-corrected chi connectivity index (χ2v) is 12.5. The smallest absolute Gasteiger partial charge is 0.273 e. The largest absolute Gasteiger partial charge is 0.366 e. The number of fused-ring (bicyclic) bond motifs is 1. The Bertz CT molecular complexity index is 1640. The molecule has 3 aliphatic rings. The molecular weight excluding hydrogens is 574 g/mol. The van der Waals surface area contributed by atoms with Crippen molar-refractivity contribution in [1.82, 2.24) is 14.8 Å². The zero-order valence-corrected chi connectivity index (χ0v) is 25.5. The monoisotopic (exact) mass is 614 g/mol. The predicted octanol–water partition coefficient (Wildman–Crippen LogP) is 6.29. The van der Waals surface area contributed by atoms with Crippen molar-refractivity contribution in [3.8, 4) is 0 Å². The van der Waals surface area contributed by atoms with Crippen LogP contribution in [0.2, 0.25) is 0 Å². The number of para-hydroxylation sites is 1. The second-order valence-electron chi connectivity index (χ2n) is 12.5. The zero-order chi connectivity index (χ0) is 30.8. The first-order valence-electron chi connectivity index (χ1n) is 16.2. The van der Waals surface area contributed by atoms with Crippen molar-refractivity contribution in [3.63, 3.8) is 0 Å². The maximum absolute atomic E-state index is 14.0. The summed E-state index contributed by atoms with van der Waals surface area (Å²) in [5, 5.41) is 8.89. The molecule has 8 nitrogen and oxygen atoms in total. The molecule has 3 aliphatic heterocycles. The van der Waals surface area contributed by atoms with Crippen LogP contribution in [0.5, 0.6) is 0 Å². The first-order valence-corrected chi connectivity index (χ1v) is 16.2. The normalized spacial score (nSPS) is 20.6. The summed E-state index contributed by atoms with van der Waals surface area (Å²) in [6, 6.07) is 15.6. The molecule has 0 saturated carbocycles. The number of likely N-dealkylation sites (tertiary alicyclic amines) is 1. The Labute approximate surface area is 262 Å². The summed E-state index contributed by atoms with van der Waals surface area (Å²) in [4.78, 5) is 20.5. The van der Waals surface area contributed by atoms with E-state index in [4.69, 9.17) is 4.74 Å².